The summed E-state index contributed by atoms with van der Waals surface area (Å²) in [4.78, 5) is 63.9. The van der Waals surface area contributed by atoms with Gasteiger partial charge in [-0.15, -0.1) is 0 Å². The van der Waals surface area contributed by atoms with Crippen LogP contribution in [-0.4, -0.2) is 48.2 Å². The molecule has 0 spiro atoms. The average Bonchev–Trinajstić information content (AvgIpc) is 3.34. The normalized spacial score (nSPS) is 16.1. The Morgan fingerprint density at radius 2 is 1.56 bits per heavy atom. The first-order chi connectivity index (χ1) is 18.7. The minimum absolute atomic E-state index is 0.0258. The van der Waals surface area contributed by atoms with Gasteiger partial charge in [-0.1, -0.05) is 74.5 Å². The van der Waals surface area contributed by atoms with Crippen LogP contribution in [-0.2, 0) is 37.1 Å². The molecule has 4 amide bonds. The molecule has 3 rings (SSSR count). The lowest BCUT2D eigenvalue weighted by Gasteiger charge is -2.24. The second-order valence-corrected chi connectivity index (χ2v) is 9.99. The maximum Gasteiger partial charge on any atom is 0.408 e. The maximum atomic E-state index is 13.3. The molecule has 2 aromatic carbocycles. The van der Waals surface area contributed by atoms with Gasteiger partial charge in [0.1, 0.15) is 12.6 Å². The number of carbonyl (C=O) groups is 5. The molecule has 1 aliphatic heterocycles. The number of rotatable bonds is 13. The van der Waals surface area contributed by atoms with E-state index in [-0.39, 0.29) is 37.8 Å². The third-order valence-electron chi connectivity index (χ3n) is 6.36. The SMILES string of the molecule is CC(C)C[C@H](NC(=O)OCc1ccccc1)C(=O)N[C@@H](C[C@@H]1CCNC1=O)C(=O)C(=O)NCc1ccccc1. The molecule has 10 heteroatoms. The molecule has 0 saturated carbocycles. The van der Waals surface area contributed by atoms with E-state index in [9.17, 15) is 24.0 Å². The minimum atomic E-state index is -1.24. The highest BCUT2D eigenvalue weighted by molar-refractivity contribution is 6.38. The predicted octanol–water partition coefficient (Wildman–Crippen LogP) is 2.22. The van der Waals surface area contributed by atoms with Crippen LogP contribution in [0.5, 0.6) is 0 Å². The van der Waals surface area contributed by atoms with Crippen LogP contribution < -0.4 is 21.3 Å². The summed E-state index contributed by atoms with van der Waals surface area (Å²) in [5.74, 6) is -3.07. The first-order valence-corrected chi connectivity index (χ1v) is 13.1. The number of carbonyl (C=O) groups excluding carboxylic acids is 5. The van der Waals surface area contributed by atoms with Crippen LogP contribution in [0.2, 0.25) is 0 Å². The Hall–Kier alpha value is -4.21. The van der Waals surface area contributed by atoms with E-state index in [2.05, 4.69) is 21.3 Å². The molecule has 0 bridgehead atoms. The van der Waals surface area contributed by atoms with E-state index in [1.807, 2.05) is 74.5 Å². The molecule has 208 valence electrons. The fraction of sp³-hybridized carbons (Fsp3) is 0.414. The summed E-state index contributed by atoms with van der Waals surface area (Å²) in [6.45, 7) is 4.41. The number of ether oxygens (including phenoxy) is 1. The van der Waals surface area contributed by atoms with Crippen LogP contribution in [0.4, 0.5) is 4.79 Å². The second kappa shape index (κ2) is 14.7. The molecule has 1 fully saturated rings. The molecule has 1 saturated heterocycles. The van der Waals surface area contributed by atoms with Crippen molar-refractivity contribution < 1.29 is 28.7 Å². The van der Waals surface area contributed by atoms with Crippen LogP contribution in [0.15, 0.2) is 60.7 Å². The molecule has 0 unspecified atom stereocenters. The molecule has 1 heterocycles. The molecule has 39 heavy (non-hydrogen) atoms. The number of hydrogen-bond acceptors (Lipinski definition) is 6. The molecule has 1 aliphatic rings. The molecule has 2 aromatic rings. The van der Waals surface area contributed by atoms with E-state index in [4.69, 9.17) is 4.74 Å². The summed E-state index contributed by atoms with van der Waals surface area (Å²) in [5, 5.41) is 10.5. The highest BCUT2D eigenvalue weighted by Gasteiger charge is 2.35. The largest absolute Gasteiger partial charge is 0.445 e. The van der Waals surface area contributed by atoms with Crippen LogP contribution in [0.1, 0.15) is 44.2 Å². The first kappa shape index (κ1) is 29.3. The number of alkyl carbamates (subject to hydrolysis) is 1. The molecule has 0 aromatic heterocycles. The fourth-order valence-electron chi connectivity index (χ4n) is 4.29. The predicted molar refractivity (Wildman–Crippen MR) is 144 cm³/mol. The molecule has 4 N–H and O–H groups in total. The van der Waals surface area contributed by atoms with E-state index in [0.717, 1.165) is 11.1 Å². The van der Waals surface area contributed by atoms with Crippen molar-refractivity contribution in [2.24, 2.45) is 11.8 Å². The van der Waals surface area contributed by atoms with E-state index >= 15 is 0 Å². The molecular formula is C29H36N4O6. The highest BCUT2D eigenvalue weighted by atomic mass is 16.5. The van der Waals surface area contributed by atoms with Crippen molar-refractivity contribution in [2.45, 2.75) is 58.3 Å². The molecule has 0 aliphatic carbocycles. The van der Waals surface area contributed by atoms with Gasteiger partial charge in [-0.05, 0) is 36.3 Å². The monoisotopic (exact) mass is 536 g/mol. The zero-order valence-electron chi connectivity index (χ0n) is 22.3. The van der Waals surface area contributed by atoms with E-state index in [1.165, 1.54) is 0 Å². The van der Waals surface area contributed by atoms with Gasteiger partial charge >= 0.3 is 6.09 Å². The summed E-state index contributed by atoms with van der Waals surface area (Å²) in [6, 6.07) is 16.0. The molecule has 10 nitrogen and oxygen atoms in total. The third-order valence-corrected chi connectivity index (χ3v) is 6.36. The summed E-state index contributed by atoms with van der Waals surface area (Å²) in [7, 11) is 0. The summed E-state index contributed by atoms with van der Waals surface area (Å²) < 4.78 is 5.26. The Morgan fingerprint density at radius 3 is 2.15 bits per heavy atom. The third kappa shape index (κ3) is 9.55. The molecule has 3 atom stereocenters. The number of amides is 4. The average molecular weight is 537 g/mol. The zero-order valence-corrected chi connectivity index (χ0v) is 22.3. The van der Waals surface area contributed by atoms with Gasteiger partial charge in [-0.2, -0.15) is 0 Å². The van der Waals surface area contributed by atoms with Gasteiger partial charge in [-0.3, -0.25) is 19.2 Å². The quantitative estimate of drug-likeness (QED) is 0.289. The van der Waals surface area contributed by atoms with Gasteiger partial charge in [-0.25, -0.2) is 4.79 Å². The Labute approximate surface area is 228 Å². The molecule has 0 radical (unpaired) electrons. The lowest BCUT2D eigenvalue weighted by molar-refractivity contribution is -0.141. The Bertz CT molecular complexity index is 1140. The van der Waals surface area contributed by atoms with Crippen LogP contribution >= 0.6 is 0 Å². The minimum Gasteiger partial charge on any atom is -0.445 e. The van der Waals surface area contributed by atoms with Crippen molar-refractivity contribution in [2.75, 3.05) is 6.54 Å². The number of Topliss-reactive ketones (excluding diaryl/α,β-unsaturated/α-hetero) is 1. The molecular weight excluding hydrogens is 500 g/mol. The summed E-state index contributed by atoms with van der Waals surface area (Å²) >= 11 is 0. The van der Waals surface area contributed by atoms with Crippen molar-refractivity contribution in [3.63, 3.8) is 0 Å². The number of hydrogen-bond donors (Lipinski definition) is 4. The van der Waals surface area contributed by atoms with Gasteiger partial charge in [0.25, 0.3) is 5.91 Å². The van der Waals surface area contributed by atoms with Crippen molar-refractivity contribution in [1.82, 2.24) is 21.3 Å². The standard InChI is InChI=1S/C29H36N4O6/c1-19(2)15-24(33-29(38)39-18-21-11-7-4-8-12-21)27(36)32-23(16-22-13-14-30-26(22)35)25(34)28(37)31-17-20-9-5-3-6-10-20/h3-12,19,22-24H,13-18H2,1-2H3,(H,30,35)(H,31,37)(H,32,36)(H,33,38)/t22-,23-,24-/m0/s1. The fourth-order valence-corrected chi connectivity index (χ4v) is 4.29. The lowest BCUT2D eigenvalue weighted by Crippen LogP contribution is -2.54. The van der Waals surface area contributed by atoms with E-state index in [1.54, 1.807) is 0 Å². The summed E-state index contributed by atoms with van der Waals surface area (Å²) in [5.41, 5.74) is 1.60. The topological polar surface area (TPSA) is 143 Å². The summed E-state index contributed by atoms with van der Waals surface area (Å²) in [6.07, 6.45) is -0.0403. The van der Waals surface area contributed by atoms with Crippen molar-refractivity contribution in [3.05, 3.63) is 71.8 Å². The first-order valence-electron chi connectivity index (χ1n) is 13.1. The second-order valence-electron chi connectivity index (χ2n) is 9.99. The van der Waals surface area contributed by atoms with Crippen LogP contribution in [0, 0.1) is 11.8 Å². The van der Waals surface area contributed by atoms with Crippen molar-refractivity contribution in [3.8, 4) is 0 Å². The van der Waals surface area contributed by atoms with Crippen LogP contribution in [0.3, 0.4) is 0 Å². The lowest BCUT2D eigenvalue weighted by atomic mass is 9.94. The number of benzene rings is 2. The van der Waals surface area contributed by atoms with Crippen molar-refractivity contribution in [1.29, 1.82) is 0 Å². The van der Waals surface area contributed by atoms with Gasteiger partial charge in [0.15, 0.2) is 0 Å². The van der Waals surface area contributed by atoms with Crippen LogP contribution in [0.25, 0.3) is 0 Å². The van der Waals surface area contributed by atoms with E-state index in [0.29, 0.717) is 13.0 Å². The van der Waals surface area contributed by atoms with Gasteiger partial charge in [0.05, 0.1) is 6.04 Å². The number of ketones is 1. The van der Waals surface area contributed by atoms with E-state index < -0.39 is 41.7 Å². The Morgan fingerprint density at radius 1 is 0.923 bits per heavy atom. The number of nitrogens with one attached hydrogen (secondary N) is 4. The Balaban J connectivity index is 1.67. The van der Waals surface area contributed by atoms with Gasteiger partial charge in [0.2, 0.25) is 17.6 Å². The highest BCUT2D eigenvalue weighted by Crippen LogP contribution is 2.17. The zero-order chi connectivity index (χ0) is 28.2. The van der Waals surface area contributed by atoms with Crippen molar-refractivity contribution >= 4 is 29.6 Å². The maximum absolute atomic E-state index is 13.3. The van der Waals surface area contributed by atoms with Gasteiger partial charge < -0.3 is 26.0 Å². The Kier molecular flexibility index (Phi) is 11.0. The van der Waals surface area contributed by atoms with Gasteiger partial charge in [0, 0.05) is 19.0 Å². The smallest absolute Gasteiger partial charge is 0.408 e.